The Kier molecular flexibility index (Phi) is 7.69. The Labute approximate surface area is 185 Å². The van der Waals surface area contributed by atoms with Crippen molar-refractivity contribution in [3.05, 3.63) is 71.0 Å². The highest BCUT2D eigenvalue weighted by Crippen LogP contribution is 2.18. The molecule has 10 heteroatoms. The topological polar surface area (TPSA) is 128 Å². The molecule has 0 aliphatic heterocycles. The van der Waals surface area contributed by atoms with E-state index in [4.69, 9.17) is 17.3 Å². The molecule has 0 unspecified atom stereocenters. The molecular formula is C21H24ClN7O2. The van der Waals surface area contributed by atoms with Gasteiger partial charge in [0.2, 0.25) is 11.8 Å². The summed E-state index contributed by atoms with van der Waals surface area (Å²) < 4.78 is 1.48. The number of halogens is 1. The van der Waals surface area contributed by atoms with Crippen molar-refractivity contribution in [1.82, 2.24) is 30.8 Å². The van der Waals surface area contributed by atoms with Crippen molar-refractivity contribution >= 4 is 23.4 Å². The Morgan fingerprint density at radius 1 is 1.16 bits per heavy atom. The molecule has 162 valence electrons. The van der Waals surface area contributed by atoms with Crippen LogP contribution in [0.3, 0.4) is 0 Å². The van der Waals surface area contributed by atoms with Gasteiger partial charge < -0.3 is 16.4 Å². The molecule has 0 radical (unpaired) electrons. The van der Waals surface area contributed by atoms with Gasteiger partial charge in [-0.1, -0.05) is 41.9 Å². The fourth-order valence-corrected chi connectivity index (χ4v) is 3.20. The summed E-state index contributed by atoms with van der Waals surface area (Å²) in [6, 6.07) is 13.5. The lowest BCUT2D eigenvalue weighted by atomic mass is 10.1. The minimum absolute atomic E-state index is 0.189. The van der Waals surface area contributed by atoms with E-state index in [0.717, 1.165) is 11.1 Å². The summed E-state index contributed by atoms with van der Waals surface area (Å²) in [5.41, 5.74) is 8.51. The van der Waals surface area contributed by atoms with Crippen LogP contribution in [-0.4, -0.2) is 44.1 Å². The van der Waals surface area contributed by atoms with Crippen LogP contribution in [0.25, 0.3) is 5.69 Å². The van der Waals surface area contributed by atoms with Crippen molar-refractivity contribution in [3.63, 3.8) is 0 Å². The number of benzene rings is 2. The molecule has 4 N–H and O–H groups in total. The smallest absolute Gasteiger partial charge is 0.242 e. The second-order valence-corrected chi connectivity index (χ2v) is 7.54. The molecule has 3 rings (SSSR count). The first kappa shape index (κ1) is 22.4. The number of rotatable bonds is 9. The lowest BCUT2D eigenvalue weighted by molar-refractivity contribution is -0.129. The van der Waals surface area contributed by atoms with E-state index in [1.165, 1.54) is 11.0 Å². The molecular weight excluding hydrogens is 418 g/mol. The largest absolute Gasteiger partial charge is 0.350 e. The Morgan fingerprint density at radius 2 is 1.94 bits per heavy atom. The zero-order chi connectivity index (χ0) is 22.2. The molecule has 2 amide bonds. The summed E-state index contributed by atoms with van der Waals surface area (Å²) in [5, 5.41) is 17.1. The first-order valence-corrected chi connectivity index (χ1v) is 10.2. The number of nitrogens with two attached hydrogens (primary N) is 1. The van der Waals surface area contributed by atoms with Crippen molar-refractivity contribution in [1.29, 1.82) is 0 Å². The Morgan fingerprint density at radius 3 is 2.65 bits per heavy atom. The van der Waals surface area contributed by atoms with Crippen LogP contribution in [0.5, 0.6) is 0 Å². The van der Waals surface area contributed by atoms with E-state index in [1.807, 2.05) is 30.3 Å². The van der Waals surface area contributed by atoms with E-state index >= 15 is 0 Å². The van der Waals surface area contributed by atoms with E-state index in [9.17, 15) is 9.59 Å². The van der Waals surface area contributed by atoms with Gasteiger partial charge in [-0.3, -0.25) is 9.59 Å². The fourth-order valence-electron chi connectivity index (χ4n) is 3.01. The highest BCUT2D eigenvalue weighted by molar-refractivity contribution is 6.30. The third-order valence-corrected chi connectivity index (χ3v) is 5.00. The Hall–Kier alpha value is -3.30. The highest BCUT2D eigenvalue weighted by Gasteiger charge is 2.20. The van der Waals surface area contributed by atoms with Gasteiger partial charge in [0.1, 0.15) is 12.4 Å². The molecule has 0 spiro atoms. The van der Waals surface area contributed by atoms with Crippen molar-refractivity contribution in [2.45, 2.75) is 38.4 Å². The van der Waals surface area contributed by atoms with E-state index < -0.39 is 12.1 Å². The second kappa shape index (κ2) is 10.6. The monoisotopic (exact) mass is 441 g/mol. The molecule has 31 heavy (non-hydrogen) atoms. The normalized spacial score (nSPS) is 12.7. The molecule has 3 aromatic rings. The average molecular weight is 442 g/mol. The standard InChI is InChI=1S/C21H24ClN7O2/c1-14(26-21(31)18(23)9-7-15-5-3-2-4-6-15)20(30)24-12-16-11-17(22)8-10-19(16)29-13-25-27-28-29/h2-6,8,10-11,13-14,18H,7,9,12,23H2,1H3,(H,24,30)(H,26,31)/t14-,18+/m0/s1. The number of carbonyl (C=O) groups excluding carboxylic acids is 2. The predicted octanol–water partition coefficient (Wildman–Crippen LogP) is 1.40. The lowest BCUT2D eigenvalue weighted by Gasteiger charge is -2.18. The maximum Gasteiger partial charge on any atom is 0.242 e. The summed E-state index contributed by atoms with van der Waals surface area (Å²) in [6.45, 7) is 1.80. The molecule has 2 aromatic carbocycles. The number of aryl methyl sites for hydroxylation is 1. The molecule has 1 heterocycles. The van der Waals surface area contributed by atoms with Crippen LogP contribution in [-0.2, 0) is 22.6 Å². The zero-order valence-electron chi connectivity index (χ0n) is 17.0. The zero-order valence-corrected chi connectivity index (χ0v) is 17.8. The van der Waals surface area contributed by atoms with E-state index in [1.54, 1.807) is 25.1 Å². The number of hydrogen-bond donors (Lipinski definition) is 3. The van der Waals surface area contributed by atoms with Gasteiger partial charge in [0.15, 0.2) is 0 Å². The van der Waals surface area contributed by atoms with Crippen LogP contribution < -0.4 is 16.4 Å². The Balaban J connectivity index is 1.51. The van der Waals surface area contributed by atoms with Gasteiger partial charge >= 0.3 is 0 Å². The fraction of sp³-hybridized carbons (Fsp3) is 0.286. The van der Waals surface area contributed by atoms with Gasteiger partial charge in [-0.15, -0.1) is 5.10 Å². The van der Waals surface area contributed by atoms with Crippen molar-refractivity contribution < 1.29 is 9.59 Å². The molecule has 0 aliphatic carbocycles. The first-order chi connectivity index (χ1) is 14.9. The number of amides is 2. The molecule has 0 aliphatic rings. The number of nitrogens with zero attached hydrogens (tertiary/aromatic N) is 4. The van der Waals surface area contributed by atoms with Crippen molar-refractivity contribution in [2.24, 2.45) is 5.73 Å². The third kappa shape index (κ3) is 6.34. The van der Waals surface area contributed by atoms with Gasteiger partial charge in [-0.05, 0) is 59.5 Å². The van der Waals surface area contributed by atoms with Crippen LogP contribution in [0, 0.1) is 0 Å². The summed E-state index contributed by atoms with van der Waals surface area (Å²) in [4.78, 5) is 24.8. The van der Waals surface area contributed by atoms with Crippen molar-refractivity contribution in [2.75, 3.05) is 0 Å². The lowest BCUT2D eigenvalue weighted by Crippen LogP contribution is -2.50. The number of hydrogen-bond acceptors (Lipinski definition) is 6. The molecule has 2 atom stereocenters. The van der Waals surface area contributed by atoms with Crippen LogP contribution in [0.4, 0.5) is 0 Å². The van der Waals surface area contributed by atoms with E-state index in [0.29, 0.717) is 23.6 Å². The minimum Gasteiger partial charge on any atom is -0.350 e. The molecule has 0 bridgehead atoms. The summed E-state index contributed by atoms with van der Waals surface area (Å²) in [5.74, 6) is -0.707. The van der Waals surface area contributed by atoms with Gasteiger partial charge in [0.25, 0.3) is 0 Å². The van der Waals surface area contributed by atoms with Gasteiger partial charge in [0, 0.05) is 11.6 Å². The maximum atomic E-state index is 12.5. The van der Waals surface area contributed by atoms with Gasteiger partial charge in [-0.25, -0.2) is 4.68 Å². The van der Waals surface area contributed by atoms with Crippen LogP contribution >= 0.6 is 11.6 Å². The first-order valence-electron chi connectivity index (χ1n) is 9.83. The van der Waals surface area contributed by atoms with Crippen LogP contribution in [0.15, 0.2) is 54.9 Å². The SMILES string of the molecule is C[C@H](NC(=O)[C@H](N)CCc1ccccc1)C(=O)NCc1cc(Cl)ccc1-n1cnnn1. The summed E-state index contributed by atoms with van der Waals surface area (Å²) in [7, 11) is 0. The van der Waals surface area contributed by atoms with Crippen LogP contribution in [0.1, 0.15) is 24.5 Å². The number of tetrazole rings is 1. The number of nitrogens with one attached hydrogen (secondary N) is 2. The maximum absolute atomic E-state index is 12.5. The highest BCUT2D eigenvalue weighted by atomic mass is 35.5. The molecule has 1 aromatic heterocycles. The number of aromatic nitrogens is 4. The van der Waals surface area contributed by atoms with Gasteiger partial charge in [0.05, 0.1) is 11.7 Å². The molecule has 0 saturated heterocycles. The third-order valence-electron chi connectivity index (χ3n) is 4.77. The van der Waals surface area contributed by atoms with E-state index in [-0.39, 0.29) is 18.4 Å². The van der Waals surface area contributed by atoms with Crippen molar-refractivity contribution in [3.8, 4) is 5.69 Å². The van der Waals surface area contributed by atoms with E-state index in [2.05, 4.69) is 26.2 Å². The molecule has 9 nitrogen and oxygen atoms in total. The summed E-state index contributed by atoms with van der Waals surface area (Å²) in [6.07, 6.45) is 2.63. The second-order valence-electron chi connectivity index (χ2n) is 7.11. The minimum atomic E-state index is -0.744. The Bertz CT molecular complexity index is 1010. The van der Waals surface area contributed by atoms with Gasteiger partial charge in [-0.2, -0.15) is 0 Å². The molecule has 0 saturated carbocycles. The summed E-state index contributed by atoms with van der Waals surface area (Å²) >= 11 is 6.09. The molecule has 0 fully saturated rings. The quantitative estimate of drug-likeness (QED) is 0.460. The average Bonchev–Trinajstić information content (AvgIpc) is 3.31. The predicted molar refractivity (Wildman–Crippen MR) is 116 cm³/mol. The van der Waals surface area contributed by atoms with Crippen LogP contribution in [0.2, 0.25) is 5.02 Å². The number of carbonyl (C=O) groups is 2.